The van der Waals surface area contributed by atoms with Crippen molar-refractivity contribution in [3.8, 4) is 0 Å². The van der Waals surface area contributed by atoms with Crippen LogP contribution < -0.4 is 0 Å². The number of rotatable bonds is 4. The van der Waals surface area contributed by atoms with Crippen LogP contribution >= 0.6 is 0 Å². The van der Waals surface area contributed by atoms with Gasteiger partial charge in [0, 0.05) is 20.1 Å². The maximum absolute atomic E-state index is 12.3. The topological polar surface area (TPSA) is 97.6 Å². The minimum Gasteiger partial charge on any atom is -0.480 e. The van der Waals surface area contributed by atoms with Crippen molar-refractivity contribution in [1.29, 1.82) is 0 Å². The Hall–Kier alpha value is -1.96. The number of carbonyl (C=O) groups is 2. The first-order valence-corrected chi connectivity index (χ1v) is 5.94. The summed E-state index contributed by atoms with van der Waals surface area (Å²) < 4.78 is 6.55. The maximum Gasteiger partial charge on any atom is 0.326 e. The predicted molar refractivity (Wildman–Crippen MR) is 63.3 cm³/mol. The molecule has 0 saturated carbocycles. The average molecular weight is 268 g/mol. The summed E-state index contributed by atoms with van der Waals surface area (Å²) in [4.78, 5) is 28.7. The molecular formula is C11H16N4O4. The predicted octanol–water partition coefficient (Wildman–Crippen LogP) is -0.460. The lowest BCUT2D eigenvalue weighted by Gasteiger charge is -2.24. The Morgan fingerprint density at radius 1 is 1.53 bits per heavy atom. The van der Waals surface area contributed by atoms with Gasteiger partial charge >= 0.3 is 5.97 Å². The zero-order valence-electron chi connectivity index (χ0n) is 10.8. The minimum absolute atomic E-state index is 0.243. The normalized spacial score (nSPS) is 24.4. The van der Waals surface area contributed by atoms with E-state index in [9.17, 15) is 14.7 Å². The number of hydrogen-bond donors (Lipinski definition) is 1. The molecule has 1 amide bonds. The van der Waals surface area contributed by atoms with E-state index in [4.69, 9.17) is 4.74 Å². The van der Waals surface area contributed by atoms with Crippen LogP contribution in [-0.2, 0) is 14.3 Å². The summed E-state index contributed by atoms with van der Waals surface area (Å²) in [5, 5.41) is 13.1. The quantitative estimate of drug-likeness (QED) is 0.793. The van der Waals surface area contributed by atoms with Crippen LogP contribution in [0, 0.1) is 0 Å². The van der Waals surface area contributed by atoms with Crippen molar-refractivity contribution in [1.82, 2.24) is 19.7 Å². The summed E-state index contributed by atoms with van der Waals surface area (Å²) in [6.45, 7) is 1.95. The standard InChI is InChI=1S/C11H16N4O4/c1-7(15-6-12-5-13-15)10(16)14-4-8(19-2)3-9(14)11(17)18/h5-9H,3-4H2,1-2H3,(H,17,18). The summed E-state index contributed by atoms with van der Waals surface area (Å²) >= 11 is 0. The Morgan fingerprint density at radius 3 is 2.79 bits per heavy atom. The van der Waals surface area contributed by atoms with Crippen molar-refractivity contribution in [2.24, 2.45) is 0 Å². The van der Waals surface area contributed by atoms with Gasteiger partial charge in [-0.3, -0.25) is 4.79 Å². The van der Waals surface area contributed by atoms with Crippen LogP contribution in [-0.4, -0.2) is 62.4 Å². The fraction of sp³-hybridized carbons (Fsp3) is 0.636. The Balaban J connectivity index is 2.15. The molecule has 104 valence electrons. The highest BCUT2D eigenvalue weighted by Crippen LogP contribution is 2.23. The van der Waals surface area contributed by atoms with Crippen LogP contribution in [0.25, 0.3) is 0 Å². The summed E-state index contributed by atoms with van der Waals surface area (Å²) in [5.41, 5.74) is 0. The third-order valence-corrected chi connectivity index (χ3v) is 3.35. The van der Waals surface area contributed by atoms with E-state index < -0.39 is 18.1 Å². The molecule has 0 aliphatic carbocycles. The summed E-state index contributed by atoms with van der Waals surface area (Å²) in [7, 11) is 1.51. The minimum atomic E-state index is -1.02. The van der Waals surface area contributed by atoms with Crippen molar-refractivity contribution < 1.29 is 19.4 Å². The summed E-state index contributed by atoms with van der Waals surface area (Å²) in [6, 6.07) is -1.43. The molecular weight excluding hydrogens is 252 g/mol. The van der Waals surface area contributed by atoms with Gasteiger partial charge in [-0.15, -0.1) is 0 Å². The van der Waals surface area contributed by atoms with Gasteiger partial charge in [-0.25, -0.2) is 14.5 Å². The van der Waals surface area contributed by atoms with Crippen molar-refractivity contribution >= 4 is 11.9 Å². The number of aliphatic carboxylic acids is 1. The third kappa shape index (κ3) is 2.58. The Kier molecular flexibility index (Phi) is 3.79. The molecule has 19 heavy (non-hydrogen) atoms. The lowest BCUT2D eigenvalue weighted by Crippen LogP contribution is -2.43. The number of likely N-dealkylation sites (tertiary alicyclic amines) is 1. The lowest BCUT2D eigenvalue weighted by atomic mass is 10.2. The van der Waals surface area contributed by atoms with Gasteiger partial charge in [0.1, 0.15) is 24.7 Å². The smallest absolute Gasteiger partial charge is 0.326 e. The molecule has 3 atom stereocenters. The highest BCUT2D eigenvalue weighted by molar-refractivity contribution is 5.86. The molecule has 8 nitrogen and oxygen atoms in total. The van der Waals surface area contributed by atoms with Gasteiger partial charge in [0.15, 0.2) is 0 Å². The second-order valence-electron chi connectivity index (χ2n) is 4.49. The fourth-order valence-electron chi connectivity index (χ4n) is 2.22. The van der Waals surface area contributed by atoms with Crippen LogP contribution in [0.4, 0.5) is 0 Å². The molecule has 1 aliphatic rings. The first-order valence-electron chi connectivity index (χ1n) is 5.94. The third-order valence-electron chi connectivity index (χ3n) is 3.35. The number of methoxy groups -OCH3 is 1. The van der Waals surface area contributed by atoms with E-state index in [1.807, 2.05) is 0 Å². The molecule has 1 aromatic rings. The highest BCUT2D eigenvalue weighted by Gasteiger charge is 2.41. The SMILES string of the molecule is COC1CC(C(=O)O)N(C(=O)C(C)n2cncn2)C1. The van der Waals surface area contributed by atoms with Gasteiger partial charge in [0.25, 0.3) is 0 Å². The summed E-state index contributed by atoms with van der Waals surface area (Å²) in [6.07, 6.45) is 2.83. The first kappa shape index (κ1) is 13.5. The average Bonchev–Trinajstić information content (AvgIpc) is 3.05. The molecule has 1 aliphatic heterocycles. The number of carbonyl (C=O) groups excluding carboxylic acids is 1. The number of carboxylic acids is 1. The van der Waals surface area contributed by atoms with E-state index in [0.717, 1.165) is 0 Å². The number of nitrogens with zero attached hydrogens (tertiary/aromatic N) is 4. The van der Waals surface area contributed by atoms with Gasteiger partial charge in [0.05, 0.1) is 6.10 Å². The van der Waals surface area contributed by atoms with Gasteiger partial charge < -0.3 is 14.7 Å². The molecule has 0 aromatic carbocycles. The molecule has 2 heterocycles. The molecule has 1 fully saturated rings. The summed E-state index contributed by atoms with van der Waals surface area (Å²) in [5.74, 6) is -1.31. The molecule has 8 heteroatoms. The number of aromatic nitrogens is 3. The lowest BCUT2D eigenvalue weighted by molar-refractivity contribution is -0.149. The molecule has 1 aromatic heterocycles. The molecule has 3 unspecified atom stereocenters. The Bertz CT molecular complexity index is 461. The molecule has 0 radical (unpaired) electrons. The monoisotopic (exact) mass is 268 g/mol. The Morgan fingerprint density at radius 2 is 2.26 bits per heavy atom. The number of hydrogen-bond acceptors (Lipinski definition) is 5. The van der Waals surface area contributed by atoms with Crippen molar-refractivity contribution in [2.45, 2.75) is 31.5 Å². The first-order chi connectivity index (χ1) is 9.04. The van der Waals surface area contributed by atoms with E-state index in [0.29, 0.717) is 6.42 Å². The van der Waals surface area contributed by atoms with Gasteiger partial charge in [-0.05, 0) is 6.92 Å². The van der Waals surface area contributed by atoms with Crippen LogP contribution in [0.5, 0.6) is 0 Å². The Labute approximate surface area is 110 Å². The molecule has 2 rings (SSSR count). The molecule has 0 spiro atoms. The highest BCUT2D eigenvalue weighted by atomic mass is 16.5. The largest absolute Gasteiger partial charge is 0.480 e. The zero-order valence-corrected chi connectivity index (χ0v) is 10.8. The van der Waals surface area contributed by atoms with Crippen LogP contribution in [0.1, 0.15) is 19.4 Å². The molecule has 1 N–H and O–H groups in total. The zero-order chi connectivity index (χ0) is 14.0. The second kappa shape index (κ2) is 5.35. The van der Waals surface area contributed by atoms with Crippen LogP contribution in [0.2, 0.25) is 0 Å². The van der Waals surface area contributed by atoms with E-state index in [1.165, 1.54) is 29.3 Å². The fourth-order valence-corrected chi connectivity index (χ4v) is 2.22. The van der Waals surface area contributed by atoms with Gasteiger partial charge in [-0.1, -0.05) is 0 Å². The number of carboxylic acid groups (broad SMARTS) is 1. The van der Waals surface area contributed by atoms with Crippen LogP contribution in [0.15, 0.2) is 12.7 Å². The van der Waals surface area contributed by atoms with Crippen molar-refractivity contribution in [3.05, 3.63) is 12.7 Å². The van der Waals surface area contributed by atoms with Crippen molar-refractivity contribution in [2.75, 3.05) is 13.7 Å². The van der Waals surface area contributed by atoms with E-state index in [-0.39, 0.29) is 18.6 Å². The molecule has 0 bridgehead atoms. The van der Waals surface area contributed by atoms with Gasteiger partial charge in [0.2, 0.25) is 5.91 Å². The number of ether oxygens (including phenoxy) is 1. The van der Waals surface area contributed by atoms with E-state index in [1.54, 1.807) is 6.92 Å². The molecule has 1 saturated heterocycles. The van der Waals surface area contributed by atoms with Crippen LogP contribution in [0.3, 0.4) is 0 Å². The van der Waals surface area contributed by atoms with Gasteiger partial charge in [-0.2, -0.15) is 5.10 Å². The van der Waals surface area contributed by atoms with E-state index in [2.05, 4.69) is 10.1 Å². The van der Waals surface area contributed by atoms with Crippen molar-refractivity contribution in [3.63, 3.8) is 0 Å². The second-order valence-corrected chi connectivity index (χ2v) is 4.49. The van der Waals surface area contributed by atoms with E-state index >= 15 is 0 Å². The maximum atomic E-state index is 12.3. The number of amides is 1.